The van der Waals surface area contributed by atoms with Gasteiger partial charge in [0.2, 0.25) is 11.8 Å². The maximum Gasteiger partial charge on any atom is 0.273 e. The standard InChI is InChI=1S/C32H40N4O7S/c1-7-24(5)33-32(38)29(8-2)34(20-25-12-10-9-11-22(25)3)31(37)21-35(26-14-16-27(43-6)17-15-26)44(41,42)28-18-13-23(4)30(19-28)36(39)40/h9-19,24,29H,7-8,20-21H2,1-6H3,(H,33,38). The quantitative estimate of drug-likeness (QED) is 0.194. The van der Waals surface area contributed by atoms with Gasteiger partial charge in [0.1, 0.15) is 18.3 Å². The molecule has 0 spiro atoms. The minimum atomic E-state index is -4.49. The fourth-order valence-corrected chi connectivity index (χ4v) is 6.12. The lowest BCUT2D eigenvalue weighted by Gasteiger charge is -2.34. The van der Waals surface area contributed by atoms with Gasteiger partial charge in [-0.05, 0) is 75.1 Å². The Kier molecular flexibility index (Phi) is 11.5. The first kappa shape index (κ1) is 34.0. The van der Waals surface area contributed by atoms with Crippen molar-refractivity contribution in [3.63, 3.8) is 0 Å². The van der Waals surface area contributed by atoms with E-state index >= 15 is 0 Å². The zero-order valence-corrected chi connectivity index (χ0v) is 26.8. The van der Waals surface area contributed by atoms with Crippen LogP contribution < -0.4 is 14.4 Å². The summed E-state index contributed by atoms with van der Waals surface area (Å²) in [6.45, 7) is 8.43. The van der Waals surface area contributed by atoms with Crippen LogP contribution in [-0.4, -0.2) is 55.8 Å². The number of sulfonamides is 1. The summed E-state index contributed by atoms with van der Waals surface area (Å²) >= 11 is 0. The molecule has 2 amide bonds. The van der Waals surface area contributed by atoms with Crippen LogP contribution in [0.5, 0.6) is 5.75 Å². The first-order valence-corrected chi connectivity index (χ1v) is 15.8. The molecule has 3 aromatic rings. The van der Waals surface area contributed by atoms with E-state index in [0.29, 0.717) is 24.2 Å². The van der Waals surface area contributed by atoms with Crippen LogP contribution in [0.3, 0.4) is 0 Å². The first-order valence-electron chi connectivity index (χ1n) is 14.4. The molecule has 2 atom stereocenters. The lowest BCUT2D eigenvalue weighted by atomic mass is 10.1. The van der Waals surface area contributed by atoms with Crippen molar-refractivity contribution in [2.24, 2.45) is 0 Å². The number of carbonyl (C=O) groups is 2. The summed E-state index contributed by atoms with van der Waals surface area (Å²) in [5.74, 6) is -0.477. The van der Waals surface area contributed by atoms with Crippen LogP contribution in [-0.2, 0) is 26.2 Å². The molecule has 236 valence electrons. The van der Waals surface area contributed by atoms with Gasteiger partial charge in [-0.2, -0.15) is 0 Å². The number of nitro groups is 1. The smallest absolute Gasteiger partial charge is 0.273 e. The topological polar surface area (TPSA) is 139 Å². The molecule has 0 saturated carbocycles. The number of methoxy groups -OCH3 is 1. The fraction of sp³-hybridized carbons (Fsp3) is 0.375. The number of nitrogens with zero attached hydrogens (tertiary/aromatic N) is 3. The summed E-state index contributed by atoms with van der Waals surface area (Å²) in [6, 6.07) is 16.2. The number of amides is 2. The Balaban J connectivity index is 2.13. The largest absolute Gasteiger partial charge is 0.497 e. The third-order valence-corrected chi connectivity index (χ3v) is 9.36. The normalized spacial score (nSPS) is 12.6. The summed E-state index contributed by atoms with van der Waals surface area (Å²) in [5, 5.41) is 14.6. The Bertz CT molecular complexity index is 1590. The van der Waals surface area contributed by atoms with Gasteiger partial charge in [0.25, 0.3) is 15.7 Å². The molecule has 0 bridgehead atoms. The van der Waals surface area contributed by atoms with Crippen molar-refractivity contribution in [2.45, 2.75) is 71.0 Å². The van der Waals surface area contributed by atoms with Crippen LogP contribution in [0, 0.1) is 24.0 Å². The molecule has 0 heterocycles. The summed E-state index contributed by atoms with van der Waals surface area (Å²) in [6.07, 6.45) is 0.986. The summed E-state index contributed by atoms with van der Waals surface area (Å²) in [5.41, 5.74) is 1.80. The molecule has 0 fully saturated rings. The molecule has 3 rings (SSSR count). The van der Waals surface area contributed by atoms with Crippen molar-refractivity contribution in [3.8, 4) is 5.75 Å². The number of ether oxygens (including phenoxy) is 1. The van der Waals surface area contributed by atoms with E-state index in [2.05, 4.69) is 5.32 Å². The molecule has 2 unspecified atom stereocenters. The molecule has 11 nitrogen and oxygen atoms in total. The Morgan fingerprint density at radius 1 is 0.977 bits per heavy atom. The zero-order chi connectivity index (χ0) is 32.6. The average molecular weight is 625 g/mol. The number of carbonyl (C=O) groups excluding carboxylic acids is 2. The van der Waals surface area contributed by atoms with Gasteiger partial charge in [-0.3, -0.25) is 24.0 Å². The molecule has 0 aliphatic rings. The molecule has 12 heteroatoms. The van der Waals surface area contributed by atoms with E-state index in [1.807, 2.05) is 45.0 Å². The summed E-state index contributed by atoms with van der Waals surface area (Å²) in [7, 11) is -3.02. The highest BCUT2D eigenvalue weighted by Crippen LogP contribution is 2.29. The van der Waals surface area contributed by atoms with Crippen LogP contribution in [0.2, 0.25) is 0 Å². The Morgan fingerprint density at radius 3 is 2.20 bits per heavy atom. The third-order valence-electron chi connectivity index (χ3n) is 7.59. The molecule has 0 saturated heterocycles. The second-order valence-electron chi connectivity index (χ2n) is 10.6. The maximum atomic E-state index is 14.2. The van der Waals surface area contributed by atoms with E-state index in [4.69, 9.17) is 4.74 Å². The number of aryl methyl sites for hydroxylation is 2. The molecule has 44 heavy (non-hydrogen) atoms. The second kappa shape index (κ2) is 14.8. The lowest BCUT2D eigenvalue weighted by molar-refractivity contribution is -0.385. The molecule has 0 radical (unpaired) electrons. The average Bonchev–Trinajstić information content (AvgIpc) is 3.00. The van der Waals surface area contributed by atoms with E-state index < -0.39 is 33.4 Å². The molecule has 0 aliphatic carbocycles. The minimum Gasteiger partial charge on any atom is -0.497 e. The Hall–Kier alpha value is -4.45. The van der Waals surface area contributed by atoms with E-state index in [1.54, 1.807) is 19.1 Å². The van der Waals surface area contributed by atoms with Crippen LogP contribution in [0.4, 0.5) is 11.4 Å². The van der Waals surface area contributed by atoms with Gasteiger partial charge in [0.05, 0.1) is 22.6 Å². The van der Waals surface area contributed by atoms with Crippen molar-refractivity contribution in [1.82, 2.24) is 10.2 Å². The molecular weight excluding hydrogens is 584 g/mol. The number of nitrogens with one attached hydrogen (secondary N) is 1. The van der Waals surface area contributed by atoms with Crippen LogP contribution in [0.25, 0.3) is 0 Å². The molecule has 0 aromatic heterocycles. The molecule has 3 aromatic carbocycles. The van der Waals surface area contributed by atoms with Crippen molar-refractivity contribution in [1.29, 1.82) is 0 Å². The van der Waals surface area contributed by atoms with Gasteiger partial charge in [-0.1, -0.05) is 44.2 Å². The summed E-state index contributed by atoms with van der Waals surface area (Å²) in [4.78, 5) is 39.7. The van der Waals surface area contributed by atoms with Gasteiger partial charge in [-0.25, -0.2) is 8.42 Å². The monoisotopic (exact) mass is 624 g/mol. The number of hydrogen-bond acceptors (Lipinski definition) is 7. The maximum absolute atomic E-state index is 14.2. The number of benzene rings is 3. The van der Waals surface area contributed by atoms with Gasteiger partial charge in [-0.15, -0.1) is 0 Å². The van der Waals surface area contributed by atoms with Crippen molar-refractivity contribution in [3.05, 3.63) is 93.5 Å². The number of hydrogen-bond donors (Lipinski definition) is 1. The number of nitro benzene ring substituents is 1. The Morgan fingerprint density at radius 2 is 1.64 bits per heavy atom. The second-order valence-corrected chi connectivity index (χ2v) is 12.5. The van der Waals surface area contributed by atoms with Crippen LogP contribution >= 0.6 is 0 Å². The Labute approximate surface area is 259 Å². The van der Waals surface area contributed by atoms with Crippen molar-refractivity contribution >= 4 is 33.2 Å². The molecule has 1 N–H and O–H groups in total. The van der Waals surface area contributed by atoms with Gasteiger partial charge >= 0.3 is 0 Å². The number of rotatable bonds is 14. The highest BCUT2D eigenvalue weighted by Gasteiger charge is 2.35. The van der Waals surface area contributed by atoms with Crippen LogP contribution in [0.1, 0.15) is 50.3 Å². The van der Waals surface area contributed by atoms with Gasteiger partial charge < -0.3 is 15.0 Å². The van der Waals surface area contributed by atoms with Gasteiger partial charge in [0.15, 0.2) is 0 Å². The first-order chi connectivity index (χ1) is 20.8. The fourth-order valence-electron chi connectivity index (χ4n) is 4.68. The third kappa shape index (κ3) is 7.93. The lowest BCUT2D eigenvalue weighted by Crippen LogP contribution is -2.53. The SMILES string of the molecule is CCC(C)NC(=O)C(CC)N(Cc1ccccc1C)C(=O)CN(c1ccc(OC)cc1)S(=O)(=O)c1ccc(C)c([N+](=O)[O-])c1. The highest BCUT2D eigenvalue weighted by molar-refractivity contribution is 7.92. The number of anilines is 1. The summed E-state index contributed by atoms with van der Waals surface area (Å²) < 4.78 is 34.4. The highest BCUT2D eigenvalue weighted by atomic mass is 32.2. The molecular formula is C32H40N4O7S. The van der Waals surface area contributed by atoms with E-state index in [-0.39, 0.29) is 34.8 Å². The zero-order valence-electron chi connectivity index (χ0n) is 25.9. The predicted octanol–water partition coefficient (Wildman–Crippen LogP) is 5.14. The van der Waals surface area contributed by atoms with E-state index in [1.165, 1.54) is 43.2 Å². The van der Waals surface area contributed by atoms with Crippen molar-refractivity contribution in [2.75, 3.05) is 18.0 Å². The van der Waals surface area contributed by atoms with Gasteiger partial charge in [0, 0.05) is 24.2 Å². The molecule has 0 aliphatic heterocycles. The van der Waals surface area contributed by atoms with Crippen molar-refractivity contribution < 1.29 is 27.7 Å². The van der Waals surface area contributed by atoms with Crippen LogP contribution in [0.15, 0.2) is 71.6 Å². The predicted molar refractivity (Wildman–Crippen MR) is 169 cm³/mol. The van der Waals surface area contributed by atoms with E-state index in [9.17, 15) is 28.1 Å². The van der Waals surface area contributed by atoms with E-state index in [0.717, 1.165) is 21.5 Å². The minimum absolute atomic E-state index is 0.0739.